The van der Waals surface area contributed by atoms with E-state index in [2.05, 4.69) is 9.97 Å². The molecule has 3 aromatic rings. The van der Waals surface area contributed by atoms with Crippen LogP contribution in [0, 0.1) is 0 Å². The summed E-state index contributed by atoms with van der Waals surface area (Å²) in [6, 6.07) is 13.9. The van der Waals surface area contributed by atoms with E-state index in [1.807, 2.05) is 61.0 Å². The average molecular weight is 252 g/mol. The van der Waals surface area contributed by atoms with Crippen molar-refractivity contribution in [3.05, 3.63) is 60.0 Å². The Morgan fingerprint density at radius 1 is 1.11 bits per heavy atom. The highest BCUT2D eigenvalue weighted by atomic mass is 15.1. The molecule has 0 aliphatic carbocycles. The van der Waals surface area contributed by atoms with Gasteiger partial charge in [-0.25, -0.2) is 9.97 Å². The van der Waals surface area contributed by atoms with Crippen molar-refractivity contribution in [2.24, 2.45) is 12.8 Å². The summed E-state index contributed by atoms with van der Waals surface area (Å²) in [6.45, 7) is 1.98. The molecule has 0 bridgehead atoms. The Labute approximate surface area is 111 Å². The summed E-state index contributed by atoms with van der Waals surface area (Å²) in [4.78, 5) is 8.87. The molecule has 1 atom stereocenters. The van der Waals surface area contributed by atoms with Gasteiger partial charge in [-0.05, 0) is 24.6 Å². The van der Waals surface area contributed by atoms with Crippen LogP contribution < -0.4 is 5.73 Å². The highest BCUT2D eigenvalue weighted by molar-refractivity contribution is 5.71. The Balaban J connectivity index is 2.21. The van der Waals surface area contributed by atoms with Crippen molar-refractivity contribution < 1.29 is 0 Å². The maximum Gasteiger partial charge on any atom is 0.177 e. The number of benzene rings is 1. The minimum absolute atomic E-state index is 0.642. The first-order valence-electron chi connectivity index (χ1n) is 6.23. The van der Waals surface area contributed by atoms with Crippen LogP contribution in [0.3, 0.4) is 0 Å². The highest BCUT2D eigenvalue weighted by Gasteiger charge is 2.29. The molecule has 0 fully saturated rings. The molecule has 4 heteroatoms. The van der Waals surface area contributed by atoms with Crippen LogP contribution >= 0.6 is 0 Å². The number of fused-ring (bicyclic) bond motifs is 1. The minimum Gasteiger partial charge on any atom is -0.328 e. The molecule has 2 aromatic heterocycles. The number of hydrogen-bond acceptors (Lipinski definition) is 3. The lowest BCUT2D eigenvalue weighted by atomic mass is 9.92. The zero-order valence-corrected chi connectivity index (χ0v) is 11.0. The fourth-order valence-corrected chi connectivity index (χ4v) is 2.40. The van der Waals surface area contributed by atoms with Gasteiger partial charge in [-0.15, -0.1) is 0 Å². The molecule has 1 unspecified atom stereocenters. The van der Waals surface area contributed by atoms with Crippen LogP contribution in [-0.2, 0) is 12.6 Å². The Bertz CT molecular complexity index is 713. The molecule has 0 saturated heterocycles. The number of aryl methyl sites for hydroxylation is 1. The number of hydrogen-bond donors (Lipinski definition) is 1. The molecule has 2 heterocycles. The van der Waals surface area contributed by atoms with Crippen LogP contribution in [0.1, 0.15) is 18.3 Å². The normalized spacial score (nSPS) is 14.5. The van der Waals surface area contributed by atoms with E-state index in [1.165, 1.54) is 0 Å². The molecule has 0 aliphatic rings. The number of nitrogens with zero attached hydrogens (tertiary/aromatic N) is 3. The molecule has 0 aliphatic heterocycles. The van der Waals surface area contributed by atoms with Gasteiger partial charge in [0.2, 0.25) is 0 Å². The van der Waals surface area contributed by atoms with Crippen LogP contribution in [-0.4, -0.2) is 14.5 Å². The van der Waals surface area contributed by atoms with Gasteiger partial charge in [-0.1, -0.05) is 30.3 Å². The Morgan fingerprint density at radius 2 is 1.84 bits per heavy atom. The molecule has 1 aromatic carbocycles. The summed E-state index contributed by atoms with van der Waals surface area (Å²) in [7, 11) is 1.97. The summed E-state index contributed by atoms with van der Waals surface area (Å²) in [5, 5.41) is 0. The van der Waals surface area contributed by atoms with Crippen LogP contribution in [0.15, 0.2) is 48.7 Å². The summed E-state index contributed by atoms with van der Waals surface area (Å²) in [5.74, 6) is 0.812. The van der Waals surface area contributed by atoms with Crippen LogP contribution in [0.2, 0.25) is 0 Å². The quantitative estimate of drug-likeness (QED) is 0.760. The van der Waals surface area contributed by atoms with Gasteiger partial charge in [0.15, 0.2) is 5.65 Å². The van der Waals surface area contributed by atoms with Gasteiger partial charge >= 0.3 is 0 Å². The molecule has 3 rings (SSSR count). The number of pyridine rings is 1. The van der Waals surface area contributed by atoms with Gasteiger partial charge in [-0.3, -0.25) is 0 Å². The smallest absolute Gasteiger partial charge is 0.177 e. The molecule has 0 amide bonds. The fraction of sp³-hybridized carbons (Fsp3) is 0.200. The van der Waals surface area contributed by atoms with Crippen molar-refractivity contribution in [3.8, 4) is 0 Å². The van der Waals surface area contributed by atoms with E-state index < -0.39 is 5.54 Å². The van der Waals surface area contributed by atoms with Crippen LogP contribution in [0.4, 0.5) is 0 Å². The van der Waals surface area contributed by atoms with Gasteiger partial charge in [0.1, 0.15) is 5.82 Å². The monoisotopic (exact) mass is 252 g/mol. The first-order chi connectivity index (χ1) is 9.10. The predicted octanol–water partition coefficient (Wildman–Crippen LogP) is 2.19. The molecule has 96 valence electrons. The third kappa shape index (κ3) is 1.81. The SMILES string of the molecule is Cn1c(C(C)(N)c2ccccc2)nc2ncccc21. The first-order valence-corrected chi connectivity index (χ1v) is 6.23. The van der Waals surface area contributed by atoms with E-state index in [0.717, 1.165) is 22.6 Å². The number of imidazole rings is 1. The summed E-state index contributed by atoms with van der Waals surface area (Å²) in [6.07, 6.45) is 1.75. The van der Waals surface area contributed by atoms with Gasteiger partial charge < -0.3 is 10.3 Å². The average Bonchev–Trinajstić information content (AvgIpc) is 2.78. The van der Waals surface area contributed by atoms with Gasteiger partial charge in [-0.2, -0.15) is 0 Å². The standard InChI is InChI=1S/C15H16N4/c1-15(16,11-7-4-3-5-8-11)14-18-13-12(19(14)2)9-6-10-17-13/h3-10H,16H2,1-2H3. The summed E-state index contributed by atoms with van der Waals surface area (Å²) < 4.78 is 2.01. The van der Waals surface area contributed by atoms with Crippen molar-refractivity contribution in [2.75, 3.05) is 0 Å². The second kappa shape index (κ2) is 4.17. The largest absolute Gasteiger partial charge is 0.328 e. The molecule has 2 N–H and O–H groups in total. The second-order valence-corrected chi connectivity index (χ2v) is 4.91. The molecular formula is C15H16N4. The molecule has 0 saturated carbocycles. The van der Waals surface area contributed by atoms with E-state index in [4.69, 9.17) is 5.73 Å². The van der Waals surface area contributed by atoms with Crippen molar-refractivity contribution in [2.45, 2.75) is 12.5 Å². The lowest BCUT2D eigenvalue weighted by Gasteiger charge is -2.24. The Hall–Kier alpha value is -2.20. The number of nitrogens with two attached hydrogens (primary N) is 1. The second-order valence-electron chi connectivity index (χ2n) is 4.91. The lowest BCUT2D eigenvalue weighted by Crippen LogP contribution is -2.37. The third-order valence-electron chi connectivity index (χ3n) is 3.49. The van der Waals surface area contributed by atoms with E-state index in [0.29, 0.717) is 0 Å². The van der Waals surface area contributed by atoms with Gasteiger partial charge in [0, 0.05) is 13.2 Å². The maximum atomic E-state index is 6.51. The zero-order valence-electron chi connectivity index (χ0n) is 11.0. The van der Waals surface area contributed by atoms with E-state index >= 15 is 0 Å². The van der Waals surface area contributed by atoms with Crippen molar-refractivity contribution in [3.63, 3.8) is 0 Å². The van der Waals surface area contributed by atoms with Crippen LogP contribution in [0.25, 0.3) is 11.2 Å². The molecule has 19 heavy (non-hydrogen) atoms. The Morgan fingerprint density at radius 3 is 2.53 bits per heavy atom. The summed E-state index contributed by atoms with van der Waals surface area (Å²) in [5.41, 5.74) is 8.63. The fourth-order valence-electron chi connectivity index (χ4n) is 2.40. The maximum absolute atomic E-state index is 6.51. The Kier molecular flexibility index (Phi) is 2.61. The highest BCUT2D eigenvalue weighted by Crippen LogP contribution is 2.27. The van der Waals surface area contributed by atoms with Gasteiger partial charge in [0.05, 0.1) is 11.1 Å². The third-order valence-corrected chi connectivity index (χ3v) is 3.49. The van der Waals surface area contributed by atoms with Crippen molar-refractivity contribution in [1.82, 2.24) is 14.5 Å². The predicted molar refractivity (Wildman–Crippen MR) is 75.6 cm³/mol. The number of rotatable bonds is 2. The van der Waals surface area contributed by atoms with Crippen molar-refractivity contribution in [1.29, 1.82) is 0 Å². The summed E-state index contributed by atoms with van der Waals surface area (Å²) >= 11 is 0. The minimum atomic E-state index is -0.642. The molecule has 0 spiro atoms. The van der Waals surface area contributed by atoms with Crippen LogP contribution in [0.5, 0.6) is 0 Å². The molecule has 0 radical (unpaired) electrons. The van der Waals surface area contributed by atoms with E-state index in [9.17, 15) is 0 Å². The van der Waals surface area contributed by atoms with Gasteiger partial charge in [0.25, 0.3) is 0 Å². The van der Waals surface area contributed by atoms with E-state index in [-0.39, 0.29) is 0 Å². The number of aromatic nitrogens is 3. The lowest BCUT2D eigenvalue weighted by molar-refractivity contribution is 0.538. The van der Waals surface area contributed by atoms with Crippen molar-refractivity contribution >= 4 is 11.2 Å². The van der Waals surface area contributed by atoms with E-state index in [1.54, 1.807) is 6.20 Å². The zero-order chi connectivity index (χ0) is 13.5. The first kappa shape index (κ1) is 11.9. The molecule has 4 nitrogen and oxygen atoms in total. The molecular weight excluding hydrogens is 236 g/mol. The topological polar surface area (TPSA) is 56.7 Å².